The molecule has 1 amide bonds. The number of aromatic nitrogens is 3. The van der Waals surface area contributed by atoms with Crippen LogP contribution in [0, 0.1) is 0 Å². The van der Waals surface area contributed by atoms with Crippen molar-refractivity contribution in [2.75, 3.05) is 5.32 Å². The fourth-order valence-corrected chi connectivity index (χ4v) is 3.46. The van der Waals surface area contributed by atoms with Crippen LogP contribution in [0.25, 0.3) is 0 Å². The summed E-state index contributed by atoms with van der Waals surface area (Å²) in [6.45, 7) is 0.301. The van der Waals surface area contributed by atoms with Gasteiger partial charge in [0, 0.05) is 0 Å². The maximum absolute atomic E-state index is 11.9. The second-order valence-corrected chi connectivity index (χ2v) is 7.24. The summed E-state index contributed by atoms with van der Waals surface area (Å²) in [6.07, 6.45) is 1.67. The summed E-state index contributed by atoms with van der Waals surface area (Å²) in [6, 6.07) is 10.5. The van der Waals surface area contributed by atoms with Crippen molar-refractivity contribution >= 4 is 46.7 Å². The van der Waals surface area contributed by atoms with Crippen LogP contribution >= 0.6 is 34.8 Å². The second-order valence-electron chi connectivity index (χ2n) is 6.02. The molecule has 138 valence electrons. The first-order chi connectivity index (χ1) is 13.0. The Bertz CT molecular complexity index is 1020. The number of hydrogen-bond donors (Lipinski definition) is 1. The van der Waals surface area contributed by atoms with Crippen LogP contribution in [0.15, 0.2) is 42.7 Å². The number of anilines is 1. The number of nitrogens with zero attached hydrogens (tertiary/aromatic N) is 3. The number of ether oxygens (including phenoxy) is 1. The zero-order chi connectivity index (χ0) is 19.0. The molecule has 0 radical (unpaired) electrons. The Morgan fingerprint density at radius 1 is 1.11 bits per heavy atom. The van der Waals surface area contributed by atoms with Crippen LogP contribution in [0.2, 0.25) is 15.1 Å². The van der Waals surface area contributed by atoms with E-state index in [0.29, 0.717) is 33.4 Å². The molecule has 1 aliphatic heterocycles. The standard InChI is InChI=1S/C18H13Cl3N4O2/c19-12-3-1-10(5-13(12)20)8-27-16-4-2-11(6-14(16)21)15-7-17(26)24-18-22-9-23-25(15)18/h1-6,9,15H,7-8H2,(H,22,23,24,26)/t15-/m1/s1. The molecule has 0 spiro atoms. The summed E-state index contributed by atoms with van der Waals surface area (Å²) in [4.78, 5) is 15.9. The van der Waals surface area contributed by atoms with Gasteiger partial charge in [0.15, 0.2) is 0 Å². The molecule has 0 unspecified atom stereocenters. The number of fused-ring (bicyclic) bond motifs is 1. The van der Waals surface area contributed by atoms with Crippen molar-refractivity contribution in [2.24, 2.45) is 0 Å². The molecule has 0 saturated carbocycles. The number of nitrogens with one attached hydrogen (secondary N) is 1. The van der Waals surface area contributed by atoms with Gasteiger partial charge in [-0.25, -0.2) is 4.68 Å². The van der Waals surface area contributed by atoms with Crippen molar-refractivity contribution in [1.29, 1.82) is 0 Å². The Labute approximate surface area is 170 Å². The monoisotopic (exact) mass is 422 g/mol. The lowest BCUT2D eigenvalue weighted by atomic mass is 10.0. The van der Waals surface area contributed by atoms with Crippen molar-refractivity contribution in [2.45, 2.75) is 19.1 Å². The molecule has 1 aliphatic rings. The van der Waals surface area contributed by atoms with Gasteiger partial charge in [-0.2, -0.15) is 10.1 Å². The van der Waals surface area contributed by atoms with Crippen LogP contribution in [0.5, 0.6) is 5.75 Å². The molecule has 1 aromatic heterocycles. The van der Waals surface area contributed by atoms with E-state index in [1.54, 1.807) is 28.9 Å². The Kier molecular flexibility index (Phi) is 4.95. The number of rotatable bonds is 4. The average Bonchev–Trinajstić information content (AvgIpc) is 3.11. The number of benzene rings is 2. The summed E-state index contributed by atoms with van der Waals surface area (Å²) in [5.74, 6) is 0.842. The van der Waals surface area contributed by atoms with E-state index in [1.807, 2.05) is 12.1 Å². The smallest absolute Gasteiger partial charge is 0.229 e. The van der Waals surface area contributed by atoms with Gasteiger partial charge >= 0.3 is 0 Å². The second kappa shape index (κ2) is 7.38. The molecule has 1 N–H and O–H groups in total. The highest BCUT2D eigenvalue weighted by atomic mass is 35.5. The van der Waals surface area contributed by atoms with Gasteiger partial charge in [0.05, 0.1) is 27.5 Å². The molecule has 0 aliphatic carbocycles. The molecule has 27 heavy (non-hydrogen) atoms. The Morgan fingerprint density at radius 3 is 2.74 bits per heavy atom. The van der Waals surface area contributed by atoms with Crippen LogP contribution in [0.1, 0.15) is 23.6 Å². The topological polar surface area (TPSA) is 69.0 Å². The fraction of sp³-hybridized carbons (Fsp3) is 0.167. The van der Waals surface area contributed by atoms with Gasteiger partial charge in [-0.1, -0.05) is 46.9 Å². The number of carbonyl (C=O) groups is 1. The Morgan fingerprint density at radius 2 is 1.96 bits per heavy atom. The van der Waals surface area contributed by atoms with Crippen LogP contribution in [0.3, 0.4) is 0 Å². The molecule has 6 nitrogen and oxygen atoms in total. The largest absolute Gasteiger partial charge is 0.487 e. The number of hydrogen-bond acceptors (Lipinski definition) is 4. The van der Waals surface area contributed by atoms with Gasteiger partial charge in [-0.3, -0.25) is 10.1 Å². The van der Waals surface area contributed by atoms with Crippen molar-refractivity contribution < 1.29 is 9.53 Å². The van der Waals surface area contributed by atoms with E-state index in [1.165, 1.54) is 6.33 Å². The van der Waals surface area contributed by atoms with Gasteiger partial charge in [0.1, 0.15) is 18.7 Å². The molecule has 0 fully saturated rings. The van der Waals surface area contributed by atoms with Crippen molar-refractivity contribution in [1.82, 2.24) is 14.8 Å². The molecule has 0 saturated heterocycles. The minimum atomic E-state index is -0.266. The van der Waals surface area contributed by atoms with Gasteiger partial charge in [0.25, 0.3) is 0 Å². The molecule has 2 aromatic carbocycles. The Hall–Kier alpha value is -2.28. The van der Waals surface area contributed by atoms with Gasteiger partial charge < -0.3 is 4.74 Å². The minimum absolute atomic E-state index is 0.114. The number of halogens is 3. The first-order valence-corrected chi connectivity index (χ1v) is 9.20. The third-order valence-electron chi connectivity index (χ3n) is 4.22. The van der Waals surface area contributed by atoms with E-state index >= 15 is 0 Å². The maximum Gasteiger partial charge on any atom is 0.229 e. The normalized spacial score (nSPS) is 16.0. The number of amides is 1. The van der Waals surface area contributed by atoms with Crippen LogP contribution in [-0.2, 0) is 11.4 Å². The van der Waals surface area contributed by atoms with Crippen molar-refractivity contribution in [3.8, 4) is 5.75 Å². The molecular weight excluding hydrogens is 411 g/mol. The number of carbonyl (C=O) groups excluding carboxylic acids is 1. The fourth-order valence-electron chi connectivity index (χ4n) is 2.90. The highest BCUT2D eigenvalue weighted by molar-refractivity contribution is 6.42. The zero-order valence-electron chi connectivity index (χ0n) is 13.8. The maximum atomic E-state index is 11.9. The van der Waals surface area contributed by atoms with E-state index in [-0.39, 0.29) is 18.4 Å². The highest BCUT2D eigenvalue weighted by Gasteiger charge is 2.28. The summed E-state index contributed by atoms with van der Waals surface area (Å²) in [5.41, 5.74) is 1.73. The van der Waals surface area contributed by atoms with Crippen molar-refractivity contribution in [3.05, 3.63) is 68.9 Å². The van der Waals surface area contributed by atoms with E-state index < -0.39 is 0 Å². The third kappa shape index (κ3) is 3.74. The lowest BCUT2D eigenvalue weighted by Gasteiger charge is -2.24. The summed E-state index contributed by atoms with van der Waals surface area (Å²) < 4.78 is 7.46. The van der Waals surface area contributed by atoms with Gasteiger partial charge in [-0.15, -0.1) is 0 Å². The molecule has 2 heterocycles. The van der Waals surface area contributed by atoms with Crippen LogP contribution in [-0.4, -0.2) is 20.7 Å². The molecule has 3 aromatic rings. The molecule has 0 bridgehead atoms. The molecule has 1 atom stereocenters. The zero-order valence-corrected chi connectivity index (χ0v) is 16.1. The summed E-state index contributed by atoms with van der Waals surface area (Å²) in [5, 5.41) is 8.28. The minimum Gasteiger partial charge on any atom is -0.487 e. The first kappa shape index (κ1) is 18.1. The predicted octanol–water partition coefficient (Wildman–Crippen LogP) is 4.75. The molecule has 9 heteroatoms. The van der Waals surface area contributed by atoms with Crippen LogP contribution < -0.4 is 10.1 Å². The van der Waals surface area contributed by atoms with E-state index in [0.717, 1.165) is 11.1 Å². The quantitative estimate of drug-likeness (QED) is 0.657. The third-order valence-corrected chi connectivity index (χ3v) is 5.25. The lowest BCUT2D eigenvalue weighted by Crippen LogP contribution is -2.29. The van der Waals surface area contributed by atoms with Gasteiger partial charge in [-0.05, 0) is 35.4 Å². The first-order valence-electron chi connectivity index (χ1n) is 8.07. The highest BCUT2D eigenvalue weighted by Crippen LogP contribution is 2.34. The van der Waals surface area contributed by atoms with E-state index in [2.05, 4.69) is 15.4 Å². The van der Waals surface area contributed by atoms with Crippen molar-refractivity contribution in [3.63, 3.8) is 0 Å². The van der Waals surface area contributed by atoms with Gasteiger partial charge in [0.2, 0.25) is 11.9 Å². The van der Waals surface area contributed by atoms with E-state index in [4.69, 9.17) is 39.5 Å². The summed E-state index contributed by atoms with van der Waals surface area (Å²) >= 11 is 18.3. The Balaban J connectivity index is 1.53. The lowest BCUT2D eigenvalue weighted by molar-refractivity contribution is -0.117. The molecule has 4 rings (SSSR count). The average molecular weight is 424 g/mol. The molecular formula is C18H13Cl3N4O2. The predicted molar refractivity (Wildman–Crippen MR) is 104 cm³/mol. The SMILES string of the molecule is O=C1C[C@H](c2ccc(OCc3ccc(Cl)c(Cl)c3)c(Cl)c2)n2ncnc2N1. The summed E-state index contributed by atoms with van der Waals surface area (Å²) in [7, 11) is 0. The van der Waals surface area contributed by atoms with Crippen LogP contribution in [0.4, 0.5) is 5.95 Å². The van der Waals surface area contributed by atoms with E-state index in [9.17, 15) is 4.79 Å².